The van der Waals surface area contributed by atoms with Crippen molar-refractivity contribution in [1.29, 1.82) is 0 Å². The molecule has 0 aliphatic carbocycles. The van der Waals surface area contributed by atoms with Gasteiger partial charge in [-0.2, -0.15) is 0 Å². The molecule has 0 unspecified atom stereocenters. The summed E-state index contributed by atoms with van der Waals surface area (Å²) in [6, 6.07) is 30.4. The van der Waals surface area contributed by atoms with Gasteiger partial charge in [0, 0.05) is 27.1 Å². The number of rotatable bonds is 6. The van der Waals surface area contributed by atoms with Gasteiger partial charge in [-0.05, 0) is 60.2 Å². The third kappa shape index (κ3) is 4.36. The molecule has 1 N–H and O–H groups in total. The Balaban J connectivity index is 1.49. The summed E-state index contributed by atoms with van der Waals surface area (Å²) in [5, 5.41) is 2.79. The predicted molar refractivity (Wildman–Crippen MR) is 133 cm³/mol. The maximum atomic E-state index is 13.5. The Morgan fingerprint density at radius 3 is 2.29 bits per heavy atom. The van der Waals surface area contributed by atoms with Crippen molar-refractivity contribution in [3.8, 4) is 11.1 Å². The van der Waals surface area contributed by atoms with E-state index in [1.807, 2.05) is 66.7 Å². The number of anilines is 1. The molecule has 0 spiro atoms. The Kier molecular flexibility index (Phi) is 5.97. The highest BCUT2D eigenvalue weighted by Crippen LogP contribution is 2.34. The van der Waals surface area contributed by atoms with E-state index in [9.17, 15) is 14.0 Å². The summed E-state index contributed by atoms with van der Waals surface area (Å²) in [6.07, 6.45) is 1.74. The minimum absolute atomic E-state index is 0.230. The van der Waals surface area contributed by atoms with Crippen LogP contribution in [0.2, 0.25) is 0 Å². The first kappa shape index (κ1) is 21.7. The second-order valence-electron chi connectivity index (χ2n) is 7.60. The van der Waals surface area contributed by atoms with Crippen molar-refractivity contribution in [2.75, 3.05) is 5.32 Å². The molecule has 0 atom stereocenters. The topological polar surface area (TPSA) is 50.6 Å². The van der Waals surface area contributed by atoms with Crippen LogP contribution in [0.3, 0.4) is 0 Å². The van der Waals surface area contributed by atoms with Crippen molar-refractivity contribution in [2.24, 2.45) is 0 Å². The van der Waals surface area contributed by atoms with Crippen molar-refractivity contribution in [3.05, 3.63) is 121 Å². The lowest BCUT2D eigenvalue weighted by Gasteiger charge is -2.11. The molecule has 0 saturated carbocycles. The molecule has 0 saturated heterocycles. The molecule has 5 rings (SSSR count). The monoisotopic (exact) mass is 466 g/mol. The third-order valence-corrected chi connectivity index (χ3v) is 6.45. The lowest BCUT2D eigenvalue weighted by molar-refractivity contribution is -0.112. The third-order valence-electron chi connectivity index (χ3n) is 5.36. The summed E-state index contributed by atoms with van der Waals surface area (Å²) in [5.41, 5.74) is 2.77. The van der Waals surface area contributed by atoms with Gasteiger partial charge in [-0.25, -0.2) is 4.39 Å². The van der Waals surface area contributed by atoms with Crippen LogP contribution >= 0.6 is 11.8 Å². The molecule has 2 aromatic heterocycles. The van der Waals surface area contributed by atoms with Crippen LogP contribution in [-0.2, 0) is 4.79 Å². The van der Waals surface area contributed by atoms with E-state index < -0.39 is 11.7 Å². The molecule has 0 fully saturated rings. The molecule has 5 aromatic rings. The van der Waals surface area contributed by atoms with Crippen molar-refractivity contribution < 1.29 is 14.0 Å². The van der Waals surface area contributed by atoms with Crippen LogP contribution in [0.5, 0.6) is 0 Å². The Hall–Kier alpha value is -4.16. The van der Waals surface area contributed by atoms with Crippen LogP contribution in [-0.4, -0.2) is 16.1 Å². The van der Waals surface area contributed by atoms with E-state index in [-0.39, 0.29) is 11.5 Å². The molecule has 166 valence electrons. The van der Waals surface area contributed by atoms with Crippen molar-refractivity contribution in [2.45, 2.75) is 9.79 Å². The second-order valence-corrected chi connectivity index (χ2v) is 8.72. The first-order valence-electron chi connectivity index (χ1n) is 10.6. The number of aromatic nitrogens is 1. The first-order chi connectivity index (χ1) is 16.6. The average molecular weight is 467 g/mol. The van der Waals surface area contributed by atoms with Crippen LogP contribution in [0.4, 0.5) is 10.1 Å². The maximum absolute atomic E-state index is 13.5. The molecule has 0 aliphatic rings. The Morgan fingerprint density at radius 2 is 1.50 bits per heavy atom. The van der Waals surface area contributed by atoms with Gasteiger partial charge >= 0.3 is 0 Å². The van der Waals surface area contributed by atoms with Crippen molar-refractivity contribution in [3.63, 3.8) is 0 Å². The SMILES string of the molecule is O=C(Nc1ccccc1Sc1ccccc1)C(=O)c1c(-c2ccc(F)cc2)cc2ccccn12. The largest absolute Gasteiger partial charge is 0.318 e. The van der Waals surface area contributed by atoms with Gasteiger partial charge in [0.15, 0.2) is 0 Å². The molecule has 4 nitrogen and oxygen atoms in total. The average Bonchev–Trinajstić information content (AvgIpc) is 3.25. The second kappa shape index (κ2) is 9.37. The van der Waals surface area contributed by atoms with E-state index in [0.29, 0.717) is 16.8 Å². The lowest BCUT2D eigenvalue weighted by atomic mass is 10.0. The number of benzene rings is 3. The Labute approximate surface area is 200 Å². The normalized spacial score (nSPS) is 10.9. The molecule has 0 bridgehead atoms. The highest BCUT2D eigenvalue weighted by molar-refractivity contribution is 7.99. The van der Waals surface area contributed by atoms with Gasteiger partial charge in [0.05, 0.1) is 5.69 Å². The Bertz CT molecular complexity index is 1490. The molecule has 1 amide bonds. The molecular weight excluding hydrogens is 447 g/mol. The number of pyridine rings is 1. The number of carbonyl (C=O) groups is 2. The number of fused-ring (bicyclic) bond motifs is 1. The molecule has 3 aromatic carbocycles. The fourth-order valence-electron chi connectivity index (χ4n) is 3.77. The molecule has 34 heavy (non-hydrogen) atoms. The number of carbonyl (C=O) groups excluding carboxylic acids is 2. The standard InChI is InChI=1S/C28H19FN2O2S/c29-20-15-13-19(14-16-20)23-18-21-8-6-7-17-31(21)26(23)27(32)28(33)30-24-11-4-5-12-25(24)34-22-9-2-1-3-10-22/h1-18H,(H,30,33). The van der Waals surface area contributed by atoms with Gasteiger partial charge in [0.1, 0.15) is 11.5 Å². The number of nitrogens with one attached hydrogen (secondary N) is 1. The highest BCUT2D eigenvalue weighted by atomic mass is 32.2. The highest BCUT2D eigenvalue weighted by Gasteiger charge is 2.25. The molecule has 2 heterocycles. The summed E-state index contributed by atoms with van der Waals surface area (Å²) in [4.78, 5) is 28.4. The summed E-state index contributed by atoms with van der Waals surface area (Å²) in [5.74, 6) is -1.79. The van der Waals surface area contributed by atoms with Crippen LogP contribution in [0.1, 0.15) is 10.5 Å². The fraction of sp³-hybridized carbons (Fsp3) is 0. The van der Waals surface area contributed by atoms with Gasteiger partial charge < -0.3 is 9.72 Å². The first-order valence-corrected chi connectivity index (χ1v) is 11.5. The summed E-state index contributed by atoms with van der Waals surface area (Å²) in [6.45, 7) is 0. The number of hydrogen-bond donors (Lipinski definition) is 1. The van der Waals surface area contributed by atoms with E-state index in [2.05, 4.69) is 5.32 Å². The summed E-state index contributed by atoms with van der Waals surface area (Å²) >= 11 is 1.50. The lowest BCUT2D eigenvalue weighted by Crippen LogP contribution is -2.25. The van der Waals surface area contributed by atoms with Crippen LogP contribution in [0.15, 0.2) is 119 Å². The van der Waals surface area contributed by atoms with E-state index in [4.69, 9.17) is 0 Å². The number of hydrogen-bond acceptors (Lipinski definition) is 3. The van der Waals surface area contributed by atoms with E-state index in [1.165, 1.54) is 23.9 Å². The maximum Gasteiger partial charge on any atom is 0.298 e. The minimum atomic E-state index is -0.742. The van der Waals surface area contributed by atoms with Crippen LogP contribution in [0, 0.1) is 5.82 Å². The van der Waals surface area contributed by atoms with Crippen molar-refractivity contribution in [1.82, 2.24) is 4.40 Å². The number of ketones is 1. The fourth-order valence-corrected chi connectivity index (χ4v) is 4.69. The van der Waals surface area contributed by atoms with E-state index in [1.54, 1.807) is 34.9 Å². The number of halogens is 1. The number of nitrogens with zero attached hydrogens (tertiary/aromatic N) is 1. The summed E-state index contributed by atoms with van der Waals surface area (Å²) in [7, 11) is 0. The van der Waals surface area contributed by atoms with E-state index >= 15 is 0 Å². The number of Topliss-reactive ketones (excluding diaryl/α,β-unsaturated/α-hetero) is 1. The molecule has 6 heteroatoms. The molecule has 0 aliphatic heterocycles. The molecular formula is C28H19FN2O2S. The quantitative estimate of drug-likeness (QED) is 0.223. The summed E-state index contributed by atoms with van der Waals surface area (Å²) < 4.78 is 15.2. The van der Waals surface area contributed by atoms with Crippen molar-refractivity contribution >= 4 is 34.7 Å². The molecule has 0 radical (unpaired) electrons. The Morgan fingerprint density at radius 1 is 0.794 bits per heavy atom. The van der Waals surface area contributed by atoms with E-state index in [0.717, 1.165) is 15.3 Å². The number of para-hydroxylation sites is 1. The predicted octanol–water partition coefficient (Wildman–Crippen LogP) is 6.72. The minimum Gasteiger partial charge on any atom is -0.318 e. The zero-order chi connectivity index (χ0) is 23.5. The van der Waals surface area contributed by atoms with Gasteiger partial charge in [-0.15, -0.1) is 0 Å². The van der Waals surface area contributed by atoms with Gasteiger partial charge in [0.2, 0.25) is 0 Å². The van der Waals surface area contributed by atoms with Gasteiger partial charge in [0.25, 0.3) is 11.7 Å². The van der Waals surface area contributed by atoms with Crippen LogP contribution < -0.4 is 5.32 Å². The van der Waals surface area contributed by atoms with Gasteiger partial charge in [-0.3, -0.25) is 9.59 Å². The van der Waals surface area contributed by atoms with Gasteiger partial charge in [-0.1, -0.05) is 60.3 Å². The number of amides is 1. The smallest absolute Gasteiger partial charge is 0.298 e. The van der Waals surface area contributed by atoms with Crippen LogP contribution in [0.25, 0.3) is 16.6 Å². The zero-order valence-corrected chi connectivity index (χ0v) is 18.8. The zero-order valence-electron chi connectivity index (χ0n) is 17.9.